The Labute approximate surface area is 117 Å². The molecule has 4 nitrogen and oxygen atoms in total. The molecule has 0 aliphatic carbocycles. The van der Waals surface area contributed by atoms with E-state index in [9.17, 15) is 9.18 Å². The average Bonchev–Trinajstić information content (AvgIpc) is 2.76. The number of carbonyl (C=O) groups is 1. The lowest BCUT2D eigenvalue weighted by Crippen LogP contribution is -2.02. The molecule has 0 saturated carbocycles. The van der Waals surface area contributed by atoms with Crippen molar-refractivity contribution in [3.63, 3.8) is 0 Å². The van der Waals surface area contributed by atoms with Crippen LogP contribution in [0.1, 0.15) is 33.7 Å². The number of ether oxygens (including phenoxy) is 1. The van der Waals surface area contributed by atoms with Crippen LogP contribution in [-0.2, 0) is 6.42 Å². The third-order valence-electron chi connectivity index (χ3n) is 3.20. The maximum absolute atomic E-state index is 13.5. The highest BCUT2D eigenvalue weighted by atomic mass is 19.1. The minimum absolute atomic E-state index is 0.121. The lowest BCUT2D eigenvalue weighted by Gasteiger charge is -2.08. The normalized spacial score (nSPS) is 10.6. The van der Waals surface area contributed by atoms with Crippen LogP contribution in [0.15, 0.2) is 18.2 Å². The SMILES string of the molecule is Cc1n[nH]c(C)c1CCCOc1cc(C=O)ccc1F. The first kappa shape index (κ1) is 14.2. The molecule has 5 heteroatoms. The monoisotopic (exact) mass is 276 g/mol. The minimum Gasteiger partial charge on any atom is -0.490 e. The summed E-state index contributed by atoms with van der Waals surface area (Å²) in [6, 6.07) is 4.08. The van der Waals surface area contributed by atoms with Crippen LogP contribution in [0.5, 0.6) is 5.75 Å². The highest BCUT2D eigenvalue weighted by molar-refractivity contribution is 5.75. The van der Waals surface area contributed by atoms with Gasteiger partial charge >= 0.3 is 0 Å². The van der Waals surface area contributed by atoms with Crippen molar-refractivity contribution in [3.8, 4) is 5.75 Å². The molecule has 2 aromatic rings. The predicted octanol–water partition coefficient (Wildman–Crippen LogP) is 2.99. The molecular weight excluding hydrogens is 259 g/mol. The van der Waals surface area contributed by atoms with Gasteiger partial charge in [0.05, 0.1) is 12.3 Å². The van der Waals surface area contributed by atoms with Gasteiger partial charge in [0.25, 0.3) is 0 Å². The number of aromatic nitrogens is 2. The summed E-state index contributed by atoms with van der Waals surface area (Å²) < 4.78 is 18.9. The second-order valence-corrected chi connectivity index (χ2v) is 4.67. The number of rotatable bonds is 6. The first-order valence-electron chi connectivity index (χ1n) is 6.49. The lowest BCUT2D eigenvalue weighted by atomic mass is 10.1. The van der Waals surface area contributed by atoms with Gasteiger partial charge in [-0.3, -0.25) is 9.89 Å². The summed E-state index contributed by atoms with van der Waals surface area (Å²) >= 11 is 0. The van der Waals surface area contributed by atoms with Gasteiger partial charge in [-0.1, -0.05) is 0 Å². The number of nitrogens with one attached hydrogen (secondary N) is 1. The Morgan fingerprint density at radius 3 is 2.85 bits per heavy atom. The van der Waals surface area contributed by atoms with Crippen LogP contribution in [0.3, 0.4) is 0 Å². The second kappa shape index (κ2) is 6.32. The van der Waals surface area contributed by atoms with Gasteiger partial charge in [-0.05, 0) is 50.5 Å². The molecule has 20 heavy (non-hydrogen) atoms. The van der Waals surface area contributed by atoms with E-state index >= 15 is 0 Å². The molecule has 1 aromatic heterocycles. The first-order chi connectivity index (χ1) is 9.61. The number of nitrogens with zero attached hydrogens (tertiary/aromatic N) is 1. The molecular formula is C15H17FN2O2. The number of carbonyl (C=O) groups excluding carboxylic acids is 1. The lowest BCUT2D eigenvalue weighted by molar-refractivity contribution is 0.112. The summed E-state index contributed by atoms with van der Waals surface area (Å²) in [4.78, 5) is 10.6. The minimum atomic E-state index is -0.453. The number of halogens is 1. The fourth-order valence-corrected chi connectivity index (χ4v) is 2.08. The molecule has 1 heterocycles. The number of H-pyrrole nitrogens is 1. The number of hydrogen-bond donors (Lipinski definition) is 1. The fourth-order valence-electron chi connectivity index (χ4n) is 2.08. The third kappa shape index (κ3) is 3.23. The van der Waals surface area contributed by atoms with Gasteiger partial charge < -0.3 is 4.74 Å². The Morgan fingerprint density at radius 1 is 1.40 bits per heavy atom. The third-order valence-corrected chi connectivity index (χ3v) is 3.20. The van der Waals surface area contributed by atoms with Gasteiger partial charge in [0.2, 0.25) is 0 Å². The topological polar surface area (TPSA) is 55.0 Å². The Hall–Kier alpha value is -2.17. The van der Waals surface area contributed by atoms with E-state index in [1.807, 2.05) is 13.8 Å². The zero-order valence-corrected chi connectivity index (χ0v) is 11.6. The van der Waals surface area contributed by atoms with Crippen molar-refractivity contribution in [2.45, 2.75) is 26.7 Å². The zero-order valence-electron chi connectivity index (χ0n) is 11.6. The molecule has 0 atom stereocenters. The number of hydrogen-bond acceptors (Lipinski definition) is 3. The molecule has 2 rings (SSSR count). The maximum Gasteiger partial charge on any atom is 0.165 e. The van der Waals surface area contributed by atoms with Crippen LogP contribution in [0.4, 0.5) is 4.39 Å². The molecule has 0 fully saturated rings. The van der Waals surface area contributed by atoms with E-state index < -0.39 is 5.82 Å². The standard InChI is InChI=1S/C15H17FN2O2/c1-10-13(11(2)18-17-10)4-3-7-20-15-8-12(9-19)5-6-14(15)16/h5-6,8-9H,3-4,7H2,1-2H3,(H,17,18). The highest BCUT2D eigenvalue weighted by Crippen LogP contribution is 2.19. The van der Waals surface area contributed by atoms with Crippen LogP contribution in [0.2, 0.25) is 0 Å². The Kier molecular flexibility index (Phi) is 4.50. The molecule has 0 amide bonds. The van der Waals surface area contributed by atoms with Gasteiger partial charge in [0.1, 0.15) is 6.29 Å². The molecule has 0 aliphatic heterocycles. The summed E-state index contributed by atoms with van der Waals surface area (Å²) in [5.41, 5.74) is 3.62. The van der Waals surface area contributed by atoms with Crippen molar-refractivity contribution in [2.75, 3.05) is 6.61 Å². The quantitative estimate of drug-likeness (QED) is 0.652. The Morgan fingerprint density at radius 2 is 2.20 bits per heavy atom. The van der Waals surface area contributed by atoms with Crippen molar-refractivity contribution in [1.29, 1.82) is 0 Å². The maximum atomic E-state index is 13.5. The van der Waals surface area contributed by atoms with E-state index in [1.165, 1.54) is 23.8 Å². The molecule has 0 unspecified atom stereocenters. The van der Waals surface area contributed by atoms with E-state index in [4.69, 9.17) is 4.74 Å². The molecule has 0 radical (unpaired) electrons. The van der Waals surface area contributed by atoms with Gasteiger partial charge in [0, 0.05) is 11.3 Å². The molecule has 0 bridgehead atoms. The van der Waals surface area contributed by atoms with E-state index in [0.29, 0.717) is 18.5 Å². The molecule has 106 valence electrons. The van der Waals surface area contributed by atoms with Crippen LogP contribution in [0.25, 0.3) is 0 Å². The van der Waals surface area contributed by atoms with Gasteiger partial charge in [-0.15, -0.1) is 0 Å². The molecule has 0 saturated heterocycles. The molecule has 1 aromatic carbocycles. The van der Waals surface area contributed by atoms with E-state index in [1.54, 1.807) is 0 Å². The van der Waals surface area contributed by atoms with Crippen molar-refractivity contribution in [3.05, 3.63) is 46.5 Å². The first-order valence-corrected chi connectivity index (χ1v) is 6.49. The smallest absolute Gasteiger partial charge is 0.165 e. The van der Waals surface area contributed by atoms with E-state index in [2.05, 4.69) is 10.2 Å². The summed E-state index contributed by atoms with van der Waals surface area (Å²) in [6.45, 7) is 4.32. The summed E-state index contributed by atoms with van der Waals surface area (Å²) in [7, 11) is 0. The number of aryl methyl sites for hydroxylation is 2. The van der Waals surface area contributed by atoms with Gasteiger partial charge in [-0.25, -0.2) is 4.39 Å². The van der Waals surface area contributed by atoms with Gasteiger partial charge in [0.15, 0.2) is 11.6 Å². The number of aldehydes is 1. The molecule has 0 spiro atoms. The molecule has 1 N–H and O–H groups in total. The number of benzene rings is 1. The summed E-state index contributed by atoms with van der Waals surface area (Å²) in [5, 5.41) is 7.06. The Balaban J connectivity index is 1.89. The summed E-state index contributed by atoms with van der Waals surface area (Å²) in [6.07, 6.45) is 2.25. The average molecular weight is 276 g/mol. The van der Waals surface area contributed by atoms with Crippen LogP contribution in [-0.4, -0.2) is 23.1 Å². The highest BCUT2D eigenvalue weighted by Gasteiger charge is 2.07. The number of aromatic amines is 1. The van der Waals surface area contributed by atoms with E-state index in [-0.39, 0.29) is 5.75 Å². The Bertz CT molecular complexity index is 588. The fraction of sp³-hybridized carbons (Fsp3) is 0.333. The van der Waals surface area contributed by atoms with Crippen LogP contribution >= 0.6 is 0 Å². The van der Waals surface area contributed by atoms with Crippen molar-refractivity contribution >= 4 is 6.29 Å². The van der Waals surface area contributed by atoms with Gasteiger partial charge in [-0.2, -0.15) is 5.10 Å². The van der Waals surface area contributed by atoms with Crippen molar-refractivity contribution in [2.24, 2.45) is 0 Å². The van der Waals surface area contributed by atoms with E-state index in [0.717, 1.165) is 24.2 Å². The zero-order chi connectivity index (χ0) is 14.5. The van der Waals surface area contributed by atoms with Crippen molar-refractivity contribution < 1.29 is 13.9 Å². The summed E-state index contributed by atoms with van der Waals surface area (Å²) in [5.74, 6) is -0.332. The predicted molar refractivity (Wildman–Crippen MR) is 73.7 cm³/mol. The van der Waals surface area contributed by atoms with Crippen LogP contribution in [0, 0.1) is 19.7 Å². The largest absolute Gasteiger partial charge is 0.490 e. The molecule has 0 aliphatic rings. The van der Waals surface area contributed by atoms with Crippen molar-refractivity contribution in [1.82, 2.24) is 10.2 Å². The van der Waals surface area contributed by atoms with Crippen LogP contribution < -0.4 is 4.74 Å². The second-order valence-electron chi connectivity index (χ2n) is 4.67.